The van der Waals surface area contributed by atoms with Crippen molar-refractivity contribution in [2.75, 3.05) is 17.7 Å². The Labute approximate surface area is 114 Å². The highest BCUT2D eigenvalue weighted by Gasteiger charge is 2.18. The molecule has 0 amide bonds. The fourth-order valence-corrected chi connectivity index (χ4v) is 2.47. The first-order valence-corrected chi connectivity index (χ1v) is 6.54. The second-order valence-electron chi connectivity index (χ2n) is 3.93. The number of para-hydroxylation sites is 1. The minimum absolute atomic E-state index is 0.0540. The first-order valence-electron chi connectivity index (χ1n) is 5.72. The number of rotatable bonds is 5. The number of nitro benzene ring substituents is 1. The summed E-state index contributed by atoms with van der Waals surface area (Å²) in [5.41, 5.74) is 1.04. The van der Waals surface area contributed by atoms with Gasteiger partial charge in [-0.05, 0) is 19.1 Å². The Morgan fingerprint density at radius 1 is 1.42 bits per heavy atom. The lowest BCUT2D eigenvalue weighted by Gasteiger charge is -2.08. The number of nitro groups is 1. The Balaban J connectivity index is 2.22. The van der Waals surface area contributed by atoms with Gasteiger partial charge in [0.25, 0.3) is 0 Å². The lowest BCUT2D eigenvalue weighted by atomic mass is 10.2. The number of thiazole rings is 1. The van der Waals surface area contributed by atoms with Crippen molar-refractivity contribution in [3.63, 3.8) is 0 Å². The molecule has 0 atom stereocenters. The van der Waals surface area contributed by atoms with Crippen LogP contribution in [0.5, 0.6) is 0 Å². The number of benzene rings is 1. The Hall–Kier alpha value is -2.15. The quantitative estimate of drug-likeness (QED) is 0.649. The molecule has 0 fully saturated rings. The molecule has 0 radical (unpaired) electrons. The first-order chi connectivity index (χ1) is 9.11. The number of aromatic nitrogens is 1. The third kappa shape index (κ3) is 3.00. The number of nitrogens with one attached hydrogen (secondary N) is 2. The van der Waals surface area contributed by atoms with E-state index < -0.39 is 0 Å². The smallest absolute Gasteiger partial charge is 0.315 e. The molecule has 2 aromatic rings. The van der Waals surface area contributed by atoms with Crippen molar-refractivity contribution in [2.24, 2.45) is 0 Å². The van der Waals surface area contributed by atoms with Gasteiger partial charge in [-0.25, -0.2) is 4.98 Å². The van der Waals surface area contributed by atoms with Gasteiger partial charge in [-0.2, -0.15) is 0 Å². The highest BCUT2D eigenvalue weighted by Crippen LogP contribution is 2.32. The Morgan fingerprint density at radius 3 is 2.74 bits per heavy atom. The summed E-state index contributed by atoms with van der Waals surface area (Å²) >= 11 is 1.57. The highest BCUT2D eigenvalue weighted by atomic mass is 32.1. The molecular weight excluding hydrogens is 264 g/mol. The van der Waals surface area contributed by atoms with E-state index in [2.05, 4.69) is 15.6 Å². The molecule has 19 heavy (non-hydrogen) atoms. The van der Waals surface area contributed by atoms with Gasteiger partial charge in [0.15, 0.2) is 0 Å². The van der Waals surface area contributed by atoms with E-state index in [1.807, 2.05) is 6.92 Å². The average Bonchev–Trinajstić information content (AvgIpc) is 2.81. The van der Waals surface area contributed by atoms with Gasteiger partial charge in [0, 0.05) is 18.1 Å². The summed E-state index contributed by atoms with van der Waals surface area (Å²) in [6.07, 6.45) is 1.79. The molecule has 100 valence electrons. The van der Waals surface area contributed by atoms with Gasteiger partial charge in [0.05, 0.1) is 11.5 Å². The third-order valence-corrected chi connectivity index (χ3v) is 3.50. The van der Waals surface area contributed by atoms with E-state index in [4.69, 9.17) is 0 Å². The maximum absolute atomic E-state index is 11.1. The van der Waals surface area contributed by atoms with Crippen LogP contribution in [0.15, 0.2) is 24.4 Å². The fourth-order valence-electron chi connectivity index (χ4n) is 1.74. The summed E-state index contributed by atoms with van der Waals surface area (Å²) in [6.45, 7) is 2.46. The zero-order chi connectivity index (χ0) is 13.8. The summed E-state index contributed by atoms with van der Waals surface area (Å²) in [5, 5.41) is 17.9. The average molecular weight is 278 g/mol. The monoisotopic (exact) mass is 278 g/mol. The van der Waals surface area contributed by atoms with E-state index in [1.54, 1.807) is 42.8 Å². The van der Waals surface area contributed by atoms with Crippen LogP contribution in [0.2, 0.25) is 0 Å². The molecule has 1 heterocycles. The van der Waals surface area contributed by atoms with Gasteiger partial charge in [0.2, 0.25) is 0 Å². The van der Waals surface area contributed by atoms with E-state index >= 15 is 0 Å². The Morgan fingerprint density at radius 2 is 2.16 bits per heavy atom. The van der Waals surface area contributed by atoms with Crippen LogP contribution in [-0.2, 0) is 6.54 Å². The van der Waals surface area contributed by atoms with E-state index in [1.165, 1.54) is 0 Å². The molecule has 1 aromatic carbocycles. The molecule has 2 rings (SSSR count). The first kappa shape index (κ1) is 13.3. The summed E-state index contributed by atoms with van der Waals surface area (Å²) in [6, 6.07) is 5.14. The minimum Gasteiger partial charge on any atom is -0.382 e. The molecule has 0 aliphatic heterocycles. The Bertz CT molecular complexity index is 597. The molecule has 7 heteroatoms. The summed E-state index contributed by atoms with van der Waals surface area (Å²) in [4.78, 5) is 16.1. The summed E-state index contributed by atoms with van der Waals surface area (Å²) in [7, 11) is 1.66. The standard InChI is InChI=1S/C12H14N4O2S/c1-8-6-15-11(19-8)7-14-10-5-3-4-9(13-2)12(10)16(17)18/h3-6,13-14H,7H2,1-2H3. The van der Waals surface area contributed by atoms with Gasteiger partial charge < -0.3 is 10.6 Å². The van der Waals surface area contributed by atoms with Gasteiger partial charge in [-0.3, -0.25) is 10.1 Å². The van der Waals surface area contributed by atoms with Gasteiger partial charge >= 0.3 is 5.69 Å². The normalized spacial score (nSPS) is 10.2. The predicted molar refractivity (Wildman–Crippen MR) is 76.8 cm³/mol. The Kier molecular flexibility index (Phi) is 3.96. The van der Waals surface area contributed by atoms with Crippen LogP contribution in [0.25, 0.3) is 0 Å². The van der Waals surface area contributed by atoms with Crippen molar-refractivity contribution in [1.29, 1.82) is 0 Å². The lowest BCUT2D eigenvalue weighted by Crippen LogP contribution is -2.04. The lowest BCUT2D eigenvalue weighted by molar-refractivity contribution is -0.383. The maximum Gasteiger partial charge on any atom is 0.315 e. The molecule has 0 aliphatic carbocycles. The van der Waals surface area contributed by atoms with Crippen molar-refractivity contribution in [3.8, 4) is 0 Å². The SMILES string of the molecule is CNc1cccc(NCc2ncc(C)s2)c1[N+](=O)[O-]. The molecule has 0 aliphatic rings. The van der Waals surface area contributed by atoms with Crippen molar-refractivity contribution in [1.82, 2.24) is 4.98 Å². The molecular formula is C12H14N4O2S. The zero-order valence-electron chi connectivity index (χ0n) is 10.6. The second kappa shape index (κ2) is 5.66. The van der Waals surface area contributed by atoms with Crippen molar-refractivity contribution in [2.45, 2.75) is 13.5 Å². The number of anilines is 2. The third-order valence-electron chi connectivity index (χ3n) is 2.59. The minimum atomic E-state index is -0.388. The van der Waals surface area contributed by atoms with Crippen LogP contribution in [-0.4, -0.2) is 17.0 Å². The molecule has 0 saturated heterocycles. The number of nitrogens with zero attached hydrogens (tertiary/aromatic N) is 2. The zero-order valence-corrected chi connectivity index (χ0v) is 11.5. The van der Waals surface area contributed by atoms with Gasteiger partial charge in [0.1, 0.15) is 16.4 Å². The fraction of sp³-hybridized carbons (Fsp3) is 0.250. The molecule has 1 aromatic heterocycles. The van der Waals surface area contributed by atoms with E-state index in [-0.39, 0.29) is 10.6 Å². The number of aryl methyl sites for hydroxylation is 1. The summed E-state index contributed by atoms with van der Waals surface area (Å²) in [5.74, 6) is 0. The van der Waals surface area contributed by atoms with Crippen LogP contribution in [0, 0.1) is 17.0 Å². The maximum atomic E-state index is 11.1. The van der Waals surface area contributed by atoms with Crippen LogP contribution >= 0.6 is 11.3 Å². The largest absolute Gasteiger partial charge is 0.382 e. The molecule has 0 saturated carbocycles. The van der Waals surface area contributed by atoms with Crippen LogP contribution < -0.4 is 10.6 Å². The van der Waals surface area contributed by atoms with Crippen LogP contribution in [0.1, 0.15) is 9.88 Å². The number of hydrogen-bond donors (Lipinski definition) is 2. The van der Waals surface area contributed by atoms with Gasteiger partial charge in [-0.15, -0.1) is 11.3 Å². The van der Waals surface area contributed by atoms with E-state index in [0.717, 1.165) is 9.88 Å². The molecule has 2 N–H and O–H groups in total. The van der Waals surface area contributed by atoms with Gasteiger partial charge in [-0.1, -0.05) is 6.07 Å². The highest BCUT2D eigenvalue weighted by molar-refractivity contribution is 7.11. The summed E-state index contributed by atoms with van der Waals surface area (Å²) < 4.78 is 0. The van der Waals surface area contributed by atoms with Crippen LogP contribution in [0.4, 0.5) is 17.1 Å². The van der Waals surface area contributed by atoms with Crippen LogP contribution in [0.3, 0.4) is 0 Å². The van der Waals surface area contributed by atoms with E-state index in [0.29, 0.717) is 17.9 Å². The second-order valence-corrected chi connectivity index (χ2v) is 5.25. The molecule has 0 unspecified atom stereocenters. The molecule has 6 nitrogen and oxygen atoms in total. The predicted octanol–water partition coefficient (Wildman–Crippen LogP) is 3.01. The van der Waals surface area contributed by atoms with Crippen molar-refractivity contribution in [3.05, 3.63) is 44.4 Å². The molecule has 0 bridgehead atoms. The van der Waals surface area contributed by atoms with E-state index in [9.17, 15) is 10.1 Å². The topological polar surface area (TPSA) is 80.1 Å². The number of hydrogen-bond acceptors (Lipinski definition) is 6. The van der Waals surface area contributed by atoms with Crippen molar-refractivity contribution < 1.29 is 4.92 Å². The molecule has 0 spiro atoms. The van der Waals surface area contributed by atoms with Crippen molar-refractivity contribution >= 4 is 28.4 Å².